The van der Waals surface area contributed by atoms with Gasteiger partial charge in [0.1, 0.15) is 5.75 Å². The molecule has 2 rings (SSSR count). The van der Waals surface area contributed by atoms with Crippen LogP contribution in [0.3, 0.4) is 0 Å². The molecule has 2 aromatic rings. The summed E-state index contributed by atoms with van der Waals surface area (Å²) in [4.78, 5) is 0. The molecule has 21 heavy (non-hydrogen) atoms. The first-order chi connectivity index (χ1) is 10.1. The molecule has 2 nitrogen and oxygen atoms in total. The quantitative estimate of drug-likeness (QED) is 0.821. The van der Waals surface area contributed by atoms with Crippen LogP contribution in [-0.2, 0) is 0 Å². The van der Waals surface area contributed by atoms with E-state index in [2.05, 4.69) is 55.6 Å². The molecule has 112 valence electrons. The van der Waals surface area contributed by atoms with Crippen LogP contribution in [0, 0.1) is 0 Å². The highest BCUT2D eigenvalue weighted by molar-refractivity contribution is 5.65. The summed E-state index contributed by atoms with van der Waals surface area (Å²) in [5.41, 5.74) is 3.78. The lowest BCUT2D eigenvalue weighted by Gasteiger charge is -2.14. The Kier molecular flexibility index (Phi) is 5.40. The fraction of sp³-hybridized carbons (Fsp3) is 0.368. The van der Waals surface area contributed by atoms with Crippen LogP contribution in [0.2, 0.25) is 0 Å². The molecule has 1 unspecified atom stereocenters. The molecule has 0 aliphatic heterocycles. The molecule has 0 spiro atoms. The minimum Gasteiger partial charge on any atom is -0.491 e. The van der Waals surface area contributed by atoms with Crippen LogP contribution in [0.25, 0.3) is 11.1 Å². The smallest absolute Gasteiger partial charge is 0.119 e. The molecule has 2 heteroatoms. The van der Waals surface area contributed by atoms with Crippen LogP contribution in [0.1, 0.15) is 39.3 Å². The lowest BCUT2D eigenvalue weighted by Crippen LogP contribution is -2.17. The summed E-state index contributed by atoms with van der Waals surface area (Å²) in [5.74, 6) is 0.922. The van der Waals surface area contributed by atoms with Crippen molar-refractivity contribution >= 4 is 0 Å². The molecule has 0 aromatic heterocycles. The molecule has 0 amide bonds. The highest BCUT2D eigenvalue weighted by Crippen LogP contribution is 2.25. The van der Waals surface area contributed by atoms with Crippen molar-refractivity contribution in [2.24, 2.45) is 0 Å². The first kappa shape index (κ1) is 15.6. The van der Waals surface area contributed by atoms with Gasteiger partial charge in [0, 0.05) is 6.04 Å². The lowest BCUT2D eigenvalue weighted by atomic mass is 10.00. The Balaban J connectivity index is 2.19. The van der Waals surface area contributed by atoms with Gasteiger partial charge in [-0.1, -0.05) is 37.3 Å². The third-order valence-electron chi connectivity index (χ3n) is 3.46. The van der Waals surface area contributed by atoms with Gasteiger partial charge in [0.15, 0.2) is 0 Å². The van der Waals surface area contributed by atoms with Crippen LogP contribution in [-0.4, -0.2) is 12.6 Å². The monoisotopic (exact) mass is 283 g/mol. The van der Waals surface area contributed by atoms with Crippen molar-refractivity contribution in [1.82, 2.24) is 5.32 Å². The molecular weight excluding hydrogens is 258 g/mol. The van der Waals surface area contributed by atoms with Gasteiger partial charge in [0.25, 0.3) is 0 Å². The average molecular weight is 283 g/mol. The summed E-state index contributed by atoms with van der Waals surface area (Å²) in [6.45, 7) is 9.39. The summed E-state index contributed by atoms with van der Waals surface area (Å²) in [6.07, 6.45) is 0.208. The molecule has 2 aromatic carbocycles. The van der Waals surface area contributed by atoms with E-state index >= 15 is 0 Å². The molecule has 0 aliphatic rings. The minimum atomic E-state index is 0.208. The normalized spacial score (nSPS) is 12.4. The highest BCUT2D eigenvalue weighted by Gasteiger charge is 2.06. The van der Waals surface area contributed by atoms with Gasteiger partial charge >= 0.3 is 0 Å². The number of hydrogen-bond acceptors (Lipinski definition) is 2. The molecule has 0 saturated carbocycles. The molecule has 0 fully saturated rings. The maximum absolute atomic E-state index is 5.69. The van der Waals surface area contributed by atoms with E-state index in [-0.39, 0.29) is 6.10 Å². The van der Waals surface area contributed by atoms with Crippen LogP contribution in [0.5, 0.6) is 5.75 Å². The van der Waals surface area contributed by atoms with Gasteiger partial charge in [0.05, 0.1) is 6.10 Å². The SMILES string of the molecule is CCNC(C)c1cccc(-c2ccc(OC(C)C)cc2)c1. The number of nitrogens with one attached hydrogen (secondary N) is 1. The second kappa shape index (κ2) is 7.28. The van der Waals surface area contributed by atoms with Crippen molar-refractivity contribution in [2.75, 3.05) is 6.54 Å². The first-order valence-corrected chi connectivity index (χ1v) is 7.70. The van der Waals surface area contributed by atoms with Crippen molar-refractivity contribution in [1.29, 1.82) is 0 Å². The Morgan fingerprint density at radius 2 is 1.67 bits per heavy atom. The van der Waals surface area contributed by atoms with Crippen molar-refractivity contribution in [3.8, 4) is 16.9 Å². The summed E-state index contributed by atoms with van der Waals surface area (Å²) < 4.78 is 5.69. The van der Waals surface area contributed by atoms with Crippen LogP contribution < -0.4 is 10.1 Å². The zero-order valence-corrected chi connectivity index (χ0v) is 13.4. The molecule has 0 heterocycles. The molecule has 1 N–H and O–H groups in total. The van der Waals surface area contributed by atoms with Gasteiger partial charge < -0.3 is 10.1 Å². The molecule has 1 atom stereocenters. The van der Waals surface area contributed by atoms with Gasteiger partial charge in [-0.05, 0) is 62.2 Å². The van der Waals surface area contributed by atoms with E-state index in [9.17, 15) is 0 Å². The molecular formula is C19H25NO. The summed E-state index contributed by atoms with van der Waals surface area (Å²) in [6, 6.07) is 17.4. The van der Waals surface area contributed by atoms with Crippen molar-refractivity contribution in [2.45, 2.75) is 39.8 Å². The number of ether oxygens (including phenoxy) is 1. The fourth-order valence-electron chi connectivity index (χ4n) is 2.41. The largest absolute Gasteiger partial charge is 0.491 e. The third-order valence-corrected chi connectivity index (χ3v) is 3.46. The maximum atomic E-state index is 5.69. The second-order valence-electron chi connectivity index (χ2n) is 5.60. The van der Waals surface area contributed by atoms with E-state index in [1.165, 1.54) is 16.7 Å². The molecule has 0 saturated heterocycles. The van der Waals surface area contributed by atoms with Gasteiger partial charge in [-0.2, -0.15) is 0 Å². The lowest BCUT2D eigenvalue weighted by molar-refractivity contribution is 0.242. The molecule has 0 bridgehead atoms. The van der Waals surface area contributed by atoms with Crippen LogP contribution in [0.15, 0.2) is 48.5 Å². The fourth-order valence-corrected chi connectivity index (χ4v) is 2.41. The maximum Gasteiger partial charge on any atom is 0.119 e. The standard InChI is InChI=1S/C19H25NO/c1-5-20-15(4)17-7-6-8-18(13-17)16-9-11-19(12-10-16)21-14(2)3/h6-15,20H,5H2,1-4H3. The minimum absolute atomic E-state index is 0.208. The Bertz CT molecular complexity index is 560. The average Bonchev–Trinajstić information content (AvgIpc) is 2.48. The van der Waals surface area contributed by atoms with Gasteiger partial charge in [-0.3, -0.25) is 0 Å². The summed E-state index contributed by atoms with van der Waals surface area (Å²) in [5, 5.41) is 3.45. The van der Waals surface area contributed by atoms with E-state index in [0.717, 1.165) is 12.3 Å². The van der Waals surface area contributed by atoms with Crippen LogP contribution in [0.4, 0.5) is 0 Å². The van der Waals surface area contributed by atoms with E-state index < -0.39 is 0 Å². The van der Waals surface area contributed by atoms with E-state index in [4.69, 9.17) is 4.74 Å². The summed E-state index contributed by atoms with van der Waals surface area (Å²) in [7, 11) is 0. The van der Waals surface area contributed by atoms with Gasteiger partial charge in [-0.25, -0.2) is 0 Å². The van der Waals surface area contributed by atoms with E-state index in [1.54, 1.807) is 0 Å². The highest BCUT2D eigenvalue weighted by atomic mass is 16.5. The van der Waals surface area contributed by atoms with E-state index in [1.807, 2.05) is 26.0 Å². The van der Waals surface area contributed by atoms with Crippen LogP contribution >= 0.6 is 0 Å². The predicted molar refractivity (Wildman–Crippen MR) is 89.7 cm³/mol. The Hall–Kier alpha value is -1.80. The van der Waals surface area contributed by atoms with Crippen molar-refractivity contribution in [3.05, 3.63) is 54.1 Å². The van der Waals surface area contributed by atoms with E-state index in [0.29, 0.717) is 6.04 Å². The zero-order chi connectivity index (χ0) is 15.2. The van der Waals surface area contributed by atoms with Crippen molar-refractivity contribution < 1.29 is 4.74 Å². The predicted octanol–water partition coefficient (Wildman–Crippen LogP) is 4.81. The Labute approximate surface area is 128 Å². The van der Waals surface area contributed by atoms with Gasteiger partial charge in [0.2, 0.25) is 0 Å². The molecule has 0 radical (unpaired) electrons. The first-order valence-electron chi connectivity index (χ1n) is 7.70. The number of rotatable bonds is 6. The second-order valence-corrected chi connectivity index (χ2v) is 5.60. The molecule has 0 aliphatic carbocycles. The number of benzene rings is 2. The topological polar surface area (TPSA) is 21.3 Å². The third kappa shape index (κ3) is 4.33. The number of hydrogen-bond donors (Lipinski definition) is 1. The Morgan fingerprint density at radius 1 is 0.952 bits per heavy atom. The summed E-state index contributed by atoms with van der Waals surface area (Å²) >= 11 is 0. The van der Waals surface area contributed by atoms with Gasteiger partial charge in [-0.15, -0.1) is 0 Å². The Morgan fingerprint density at radius 3 is 2.29 bits per heavy atom. The zero-order valence-electron chi connectivity index (χ0n) is 13.4. The van der Waals surface area contributed by atoms with Crippen molar-refractivity contribution in [3.63, 3.8) is 0 Å².